The van der Waals surface area contributed by atoms with Crippen LogP contribution in [-0.2, 0) is 11.3 Å². The van der Waals surface area contributed by atoms with Gasteiger partial charge < -0.3 is 10.6 Å². The second kappa shape index (κ2) is 6.71. The molecule has 2 fully saturated rings. The van der Waals surface area contributed by atoms with E-state index >= 15 is 0 Å². The summed E-state index contributed by atoms with van der Waals surface area (Å²) in [5, 5.41) is 0. The summed E-state index contributed by atoms with van der Waals surface area (Å²) in [6.07, 6.45) is 4.51. The van der Waals surface area contributed by atoms with Crippen LogP contribution >= 0.6 is 0 Å². The number of likely N-dealkylation sites (tertiary alicyclic amines) is 2. The highest BCUT2D eigenvalue weighted by molar-refractivity contribution is 5.92. The van der Waals surface area contributed by atoms with E-state index in [4.69, 9.17) is 5.73 Å². The first-order valence-electron chi connectivity index (χ1n) is 8.46. The number of rotatable bonds is 4. The third-order valence-electron chi connectivity index (χ3n) is 5.16. The minimum atomic E-state index is -0.386. The molecule has 2 saturated heterocycles. The zero-order valence-electron chi connectivity index (χ0n) is 13.7. The number of hydrogen-bond acceptors (Lipinski definition) is 3. The molecule has 2 amide bonds. The number of benzene rings is 1. The fourth-order valence-corrected chi connectivity index (χ4v) is 4.12. The van der Waals surface area contributed by atoms with Crippen LogP contribution in [0.15, 0.2) is 24.3 Å². The predicted octanol–water partition coefficient (Wildman–Crippen LogP) is 1.76. The molecule has 0 saturated carbocycles. The van der Waals surface area contributed by atoms with Crippen molar-refractivity contribution in [1.82, 2.24) is 9.80 Å². The highest BCUT2D eigenvalue weighted by Gasteiger charge is 2.38. The largest absolute Gasteiger partial charge is 0.366 e. The molecule has 2 heterocycles. The molecule has 0 aliphatic carbocycles. The topological polar surface area (TPSA) is 66.6 Å². The predicted molar refractivity (Wildman–Crippen MR) is 88.8 cm³/mol. The summed E-state index contributed by atoms with van der Waals surface area (Å²) in [6, 6.07) is 8.33. The fourth-order valence-electron chi connectivity index (χ4n) is 4.12. The van der Waals surface area contributed by atoms with Crippen LogP contribution in [-0.4, -0.2) is 46.8 Å². The first-order chi connectivity index (χ1) is 11.1. The molecule has 5 heteroatoms. The van der Waals surface area contributed by atoms with Gasteiger partial charge in [-0.2, -0.15) is 0 Å². The molecular formula is C18H25N3O2. The maximum atomic E-state index is 11.9. The monoisotopic (exact) mass is 315 g/mol. The van der Waals surface area contributed by atoms with Crippen molar-refractivity contribution in [2.24, 2.45) is 5.73 Å². The number of amides is 2. The Morgan fingerprint density at radius 3 is 2.65 bits per heavy atom. The minimum Gasteiger partial charge on any atom is -0.366 e. The summed E-state index contributed by atoms with van der Waals surface area (Å²) < 4.78 is 0. The smallest absolute Gasteiger partial charge is 0.248 e. The van der Waals surface area contributed by atoms with E-state index in [1.54, 1.807) is 13.0 Å². The maximum Gasteiger partial charge on any atom is 0.248 e. The fraction of sp³-hybridized carbons (Fsp3) is 0.556. The second-order valence-electron chi connectivity index (χ2n) is 6.67. The highest BCUT2D eigenvalue weighted by atomic mass is 16.2. The van der Waals surface area contributed by atoms with Crippen molar-refractivity contribution in [3.05, 3.63) is 35.4 Å². The van der Waals surface area contributed by atoms with E-state index in [9.17, 15) is 9.59 Å². The Bertz CT molecular complexity index is 602. The molecule has 0 radical (unpaired) electrons. The lowest BCUT2D eigenvalue weighted by Crippen LogP contribution is -2.47. The van der Waals surface area contributed by atoms with Gasteiger partial charge in [0.15, 0.2) is 0 Å². The summed E-state index contributed by atoms with van der Waals surface area (Å²) in [5.74, 6) is -0.196. The van der Waals surface area contributed by atoms with Gasteiger partial charge in [-0.1, -0.05) is 12.1 Å². The van der Waals surface area contributed by atoms with Crippen LogP contribution in [0.4, 0.5) is 0 Å². The Balaban J connectivity index is 1.73. The van der Waals surface area contributed by atoms with Crippen molar-refractivity contribution >= 4 is 11.8 Å². The molecule has 2 aliphatic rings. The van der Waals surface area contributed by atoms with Gasteiger partial charge in [0.05, 0.1) is 0 Å². The van der Waals surface area contributed by atoms with E-state index in [1.165, 1.54) is 6.42 Å². The molecule has 1 aromatic carbocycles. The van der Waals surface area contributed by atoms with Crippen molar-refractivity contribution in [2.45, 2.75) is 51.2 Å². The highest BCUT2D eigenvalue weighted by Crippen LogP contribution is 2.31. The Kier molecular flexibility index (Phi) is 4.66. The minimum absolute atomic E-state index is 0.190. The van der Waals surface area contributed by atoms with Crippen molar-refractivity contribution in [3.63, 3.8) is 0 Å². The molecule has 1 aromatic rings. The van der Waals surface area contributed by atoms with Crippen LogP contribution in [0.1, 0.15) is 48.5 Å². The van der Waals surface area contributed by atoms with E-state index < -0.39 is 0 Å². The summed E-state index contributed by atoms with van der Waals surface area (Å²) >= 11 is 0. The molecular weight excluding hydrogens is 290 g/mol. The summed E-state index contributed by atoms with van der Waals surface area (Å²) in [4.78, 5) is 27.7. The molecule has 3 rings (SSSR count). The Morgan fingerprint density at radius 2 is 1.91 bits per heavy atom. The van der Waals surface area contributed by atoms with Crippen LogP contribution in [0.3, 0.4) is 0 Å². The van der Waals surface area contributed by atoms with Gasteiger partial charge in [-0.05, 0) is 49.9 Å². The molecule has 2 N–H and O–H groups in total. The normalized spacial score (nSPS) is 25.0. The maximum absolute atomic E-state index is 11.9. The average molecular weight is 315 g/mol. The second-order valence-corrected chi connectivity index (χ2v) is 6.67. The number of primary amides is 1. The number of carbonyl (C=O) groups is 2. The molecule has 2 atom stereocenters. The van der Waals surface area contributed by atoms with E-state index in [0.29, 0.717) is 17.6 Å². The van der Waals surface area contributed by atoms with Crippen molar-refractivity contribution in [3.8, 4) is 0 Å². The molecule has 2 unspecified atom stereocenters. The molecule has 0 bridgehead atoms. The number of nitrogens with two attached hydrogens (primary N) is 1. The van der Waals surface area contributed by atoms with Gasteiger partial charge in [0.1, 0.15) is 0 Å². The lowest BCUT2D eigenvalue weighted by molar-refractivity contribution is -0.130. The van der Waals surface area contributed by atoms with Gasteiger partial charge in [0.25, 0.3) is 0 Å². The molecule has 0 spiro atoms. The number of carbonyl (C=O) groups excluding carboxylic acids is 2. The van der Waals surface area contributed by atoms with E-state index in [0.717, 1.165) is 44.5 Å². The Labute approximate surface area is 137 Å². The first-order valence-corrected chi connectivity index (χ1v) is 8.46. The van der Waals surface area contributed by atoms with Crippen molar-refractivity contribution < 1.29 is 9.59 Å². The number of nitrogens with zero attached hydrogens (tertiary/aromatic N) is 2. The molecule has 124 valence electrons. The standard InChI is InChI=1S/C18H25N3O2/c1-13(22)21-10-4-8-17(21)16-7-3-9-20(16)12-14-5-2-6-15(11-14)18(19)23/h2,5-6,11,16-17H,3-4,7-10,12H2,1H3,(H2,19,23). The van der Waals surface area contributed by atoms with E-state index in [1.807, 2.05) is 23.1 Å². The van der Waals surface area contributed by atoms with Crippen LogP contribution in [0.5, 0.6) is 0 Å². The zero-order chi connectivity index (χ0) is 16.4. The van der Waals surface area contributed by atoms with Gasteiger partial charge in [0, 0.05) is 37.7 Å². The van der Waals surface area contributed by atoms with Gasteiger partial charge >= 0.3 is 0 Å². The molecule has 0 aromatic heterocycles. The van der Waals surface area contributed by atoms with Crippen molar-refractivity contribution in [1.29, 1.82) is 0 Å². The molecule has 2 aliphatic heterocycles. The van der Waals surface area contributed by atoms with Crippen LogP contribution in [0.25, 0.3) is 0 Å². The zero-order valence-corrected chi connectivity index (χ0v) is 13.7. The lowest BCUT2D eigenvalue weighted by atomic mass is 10.0. The van der Waals surface area contributed by atoms with E-state index in [2.05, 4.69) is 4.90 Å². The summed E-state index contributed by atoms with van der Waals surface area (Å²) in [6.45, 7) is 4.43. The van der Waals surface area contributed by atoms with Crippen LogP contribution < -0.4 is 5.73 Å². The van der Waals surface area contributed by atoms with E-state index in [-0.39, 0.29) is 11.8 Å². The summed E-state index contributed by atoms with van der Waals surface area (Å²) in [7, 11) is 0. The number of hydrogen-bond donors (Lipinski definition) is 1. The average Bonchev–Trinajstić information content (AvgIpc) is 3.15. The van der Waals surface area contributed by atoms with Crippen LogP contribution in [0.2, 0.25) is 0 Å². The van der Waals surface area contributed by atoms with Gasteiger partial charge in [-0.3, -0.25) is 14.5 Å². The third-order valence-corrected chi connectivity index (χ3v) is 5.16. The summed E-state index contributed by atoms with van der Waals surface area (Å²) in [5.41, 5.74) is 7.04. The van der Waals surface area contributed by atoms with Crippen molar-refractivity contribution in [2.75, 3.05) is 13.1 Å². The lowest BCUT2D eigenvalue weighted by Gasteiger charge is -2.34. The van der Waals surface area contributed by atoms with Gasteiger partial charge in [0.2, 0.25) is 11.8 Å². The Morgan fingerprint density at radius 1 is 1.17 bits per heavy atom. The van der Waals surface area contributed by atoms with Gasteiger partial charge in [-0.25, -0.2) is 0 Å². The third kappa shape index (κ3) is 3.39. The Hall–Kier alpha value is -1.88. The van der Waals surface area contributed by atoms with Gasteiger partial charge in [-0.15, -0.1) is 0 Å². The SMILES string of the molecule is CC(=O)N1CCCC1C1CCCN1Cc1cccc(C(N)=O)c1. The van der Waals surface area contributed by atoms with Crippen LogP contribution in [0, 0.1) is 0 Å². The molecule has 23 heavy (non-hydrogen) atoms. The first kappa shape index (κ1) is 16.0. The quantitative estimate of drug-likeness (QED) is 0.920. The molecule has 5 nitrogen and oxygen atoms in total.